The zero-order valence-electron chi connectivity index (χ0n) is 13.1. The van der Waals surface area contributed by atoms with Crippen LogP contribution in [0.25, 0.3) is 0 Å². The van der Waals surface area contributed by atoms with Crippen LogP contribution in [-0.2, 0) is 0 Å². The fraction of sp³-hybridized carbons (Fsp3) is 1.00. The van der Waals surface area contributed by atoms with Crippen molar-refractivity contribution >= 4 is 0 Å². The minimum absolute atomic E-state index is 1.14. The Kier molecular flexibility index (Phi) is 9.70. The van der Waals surface area contributed by atoms with Crippen molar-refractivity contribution in [1.82, 2.24) is 0 Å². The van der Waals surface area contributed by atoms with Crippen LogP contribution in [-0.4, -0.2) is 0 Å². The molecule has 0 aromatic carbocycles. The van der Waals surface area contributed by atoms with Gasteiger partial charge in [0.2, 0.25) is 0 Å². The molecule has 0 aromatic heterocycles. The lowest BCUT2D eigenvalue weighted by Gasteiger charge is -2.02. The zero-order chi connectivity index (χ0) is 13.1. The van der Waals surface area contributed by atoms with E-state index >= 15 is 0 Å². The lowest BCUT2D eigenvalue weighted by Crippen LogP contribution is -1.86. The van der Waals surface area contributed by atoms with E-state index in [4.69, 9.17) is 0 Å². The number of unbranched alkanes of at least 4 members (excludes halogenated alkanes) is 9. The molecule has 108 valence electrons. The van der Waals surface area contributed by atoms with Gasteiger partial charge in [0.1, 0.15) is 0 Å². The zero-order valence-corrected chi connectivity index (χ0v) is 13.1. The second-order valence-corrected chi connectivity index (χ2v) is 6.52. The van der Waals surface area contributed by atoms with Gasteiger partial charge in [0.15, 0.2) is 0 Å². The smallest absolute Gasteiger partial charge is 0.0383 e. The molecule has 0 aromatic rings. The van der Waals surface area contributed by atoms with Crippen LogP contribution in [0.3, 0.4) is 0 Å². The summed E-state index contributed by atoms with van der Waals surface area (Å²) in [6, 6.07) is 0. The van der Waals surface area contributed by atoms with Gasteiger partial charge < -0.3 is 0 Å². The van der Waals surface area contributed by atoms with Crippen molar-refractivity contribution in [3.05, 3.63) is 0 Å². The van der Waals surface area contributed by atoms with Crippen LogP contribution in [0.5, 0.6) is 0 Å². The molecule has 0 unspecified atom stereocenters. The molecule has 0 amide bonds. The topological polar surface area (TPSA) is 0 Å². The Bertz CT molecular complexity index is 173. The van der Waals surface area contributed by atoms with Crippen molar-refractivity contribution in [2.24, 2.45) is 11.8 Å². The molecule has 0 heterocycles. The van der Waals surface area contributed by atoms with Gasteiger partial charge in [-0.05, 0) is 18.3 Å². The first-order valence-corrected chi connectivity index (χ1v) is 8.88. The number of rotatable bonds is 13. The third-order valence-electron chi connectivity index (χ3n) is 4.68. The molecule has 1 aliphatic carbocycles. The van der Waals surface area contributed by atoms with E-state index < -0.39 is 0 Å². The van der Waals surface area contributed by atoms with Crippen LogP contribution in [0, 0.1) is 11.8 Å². The highest BCUT2D eigenvalue weighted by Gasteiger charge is 2.34. The SMILES string of the molecule is CCCCCCCCCCC[C@@H]1C[C@H]1CCCC. The maximum Gasteiger partial charge on any atom is -0.0383 e. The highest BCUT2D eigenvalue weighted by Crippen LogP contribution is 2.45. The first-order chi connectivity index (χ1) is 8.88. The van der Waals surface area contributed by atoms with Gasteiger partial charge in [-0.3, -0.25) is 0 Å². The van der Waals surface area contributed by atoms with E-state index in [0.717, 1.165) is 11.8 Å². The highest BCUT2D eigenvalue weighted by atomic mass is 14.4. The first kappa shape index (κ1) is 16.1. The molecule has 0 saturated heterocycles. The third kappa shape index (κ3) is 8.16. The molecule has 0 radical (unpaired) electrons. The summed E-state index contributed by atoms with van der Waals surface area (Å²) in [5, 5.41) is 0. The van der Waals surface area contributed by atoms with Gasteiger partial charge >= 0.3 is 0 Å². The summed E-state index contributed by atoms with van der Waals surface area (Å²) in [7, 11) is 0. The van der Waals surface area contributed by atoms with Crippen molar-refractivity contribution in [3.63, 3.8) is 0 Å². The van der Waals surface area contributed by atoms with Gasteiger partial charge in [-0.15, -0.1) is 0 Å². The third-order valence-corrected chi connectivity index (χ3v) is 4.68. The molecule has 0 N–H and O–H groups in total. The van der Waals surface area contributed by atoms with E-state index in [1.807, 2.05) is 0 Å². The average molecular weight is 252 g/mol. The Balaban J connectivity index is 1.72. The number of hydrogen-bond acceptors (Lipinski definition) is 0. The minimum Gasteiger partial charge on any atom is -0.0654 e. The van der Waals surface area contributed by atoms with E-state index in [9.17, 15) is 0 Å². The largest absolute Gasteiger partial charge is 0.0654 e. The van der Waals surface area contributed by atoms with Gasteiger partial charge in [0.05, 0.1) is 0 Å². The summed E-state index contributed by atoms with van der Waals surface area (Å²) in [6.45, 7) is 4.61. The normalized spacial score (nSPS) is 22.3. The summed E-state index contributed by atoms with van der Waals surface area (Å²) >= 11 is 0. The van der Waals surface area contributed by atoms with Crippen molar-refractivity contribution in [2.75, 3.05) is 0 Å². The Hall–Kier alpha value is 0. The van der Waals surface area contributed by atoms with Crippen molar-refractivity contribution in [3.8, 4) is 0 Å². The van der Waals surface area contributed by atoms with E-state index in [-0.39, 0.29) is 0 Å². The van der Waals surface area contributed by atoms with Crippen molar-refractivity contribution < 1.29 is 0 Å². The van der Waals surface area contributed by atoms with Gasteiger partial charge in [0, 0.05) is 0 Å². The van der Waals surface area contributed by atoms with Crippen LogP contribution < -0.4 is 0 Å². The Morgan fingerprint density at radius 1 is 0.556 bits per heavy atom. The fourth-order valence-electron chi connectivity index (χ4n) is 3.20. The van der Waals surface area contributed by atoms with Gasteiger partial charge in [-0.25, -0.2) is 0 Å². The van der Waals surface area contributed by atoms with E-state index in [2.05, 4.69) is 13.8 Å². The van der Waals surface area contributed by atoms with Crippen LogP contribution in [0.1, 0.15) is 104 Å². The molecule has 18 heavy (non-hydrogen) atoms. The molecule has 1 aliphatic rings. The summed E-state index contributed by atoms with van der Waals surface area (Å²) in [5.74, 6) is 2.28. The molecule has 0 heteroatoms. The van der Waals surface area contributed by atoms with Crippen LogP contribution in [0.2, 0.25) is 0 Å². The summed E-state index contributed by atoms with van der Waals surface area (Å²) in [6.07, 6.45) is 20.8. The molecule has 0 nitrogen and oxygen atoms in total. The maximum atomic E-state index is 2.32. The van der Waals surface area contributed by atoms with Crippen LogP contribution in [0.4, 0.5) is 0 Å². The lowest BCUT2D eigenvalue weighted by atomic mass is 10.0. The van der Waals surface area contributed by atoms with Gasteiger partial charge in [-0.2, -0.15) is 0 Å². The lowest BCUT2D eigenvalue weighted by molar-refractivity contribution is 0.521. The van der Waals surface area contributed by atoms with Crippen molar-refractivity contribution in [2.45, 2.75) is 104 Å². The van der Waals surface area contributed by atoms with Crippen LogP contribution >= 0.6 is 0 Å². The molecule has 1 fully saturated rings. The molecule has 2 atom stereocenters. The van der Waals surface area contributed by atoms with Gasteiger partial charge in [0.25, 0.3) is 0 Å². The minimum atomic E-state index is 1.14. The Morgan fingerprint density at radius 2 is 1.00 bits per heavy atom. The standard InChI is InChI=1S/C18H36/c1-3-5-7-8-9-10-11-12-13-15-18-16-17(18)14-6-4-2/h17-18H,3-16H2,1-2H3/t17-,18-/m1/s1. The molecular formula is C18H36. The molecule has 1 rings (SSSR count). The predicted octanol–water partition coefficient (Wildman–Crippen LogP) is 6.73. The Morgan fingerprint density at radius 3 is 1.56 bits per heavy atom. The summed E-state index contributed by atoms with van der Waals surface area (Å²) in [5.41, 5.74) is 0. The summed E-state index contributed by atoms with van der Waals surface area (Å²) in [4.78, 5) is 0. The van der Waals surface area contributed by atoms with Crippen molar-refractivity contribution in [1.29, 1.82) is 0 Å². The first-order valence-electron chi connectivity index (χ1n) is 8.88. The Labute approximate surface area is 116 Å². The highest BCUT2D eigenvalue weighted by molar-refractivity contribution is 4.85. The molecule has 0 bridgehead atoms. The molecule has 0 spiro atoms. The quantitative estimate of drug-likeness (QED) is 0.319. The summed E-state index contributed by atoms with van der Waals surface area (Å²) < 4.78 is 0. The van der Waals surface area contributed by atoms with E-state index in [1.54, 1.807) is 12.8 Å². The average Bonchev–Trinajstić information content (AvgIpc) is 3.13. The molecular weight excluding hydrogens is 216 g/mol. The van der Waals surface area contributed by atoms with E-state index in [1.165, 1.54) is 77.0 Å². The second kappa shape index (κ2) is 10.9. The fourth-order valence-corrected chi connectivity index (χ4v) is 3.20. The molecule has 1 saturated carbocycles. The second-order valence-electron chi connectivity index (χ2n) is 6.52. The van der Waals surface area contributed by atoms with E-state index in [0.29, 0.717) is 0 Å². The molecule has 0 aliphatic heterocycles. The number of hydrogen-bond donors (Lipinski definition) is 0. The maximum absolute atomic E-state index is 2.32. The predicted molar refractivity (Wildman–Crippen MR) is 83.0 cm³/mol. The monoisotopic (exact) mass is 252 g/mol. The van der Waals surface area contributed by atoms with Gasteiger partial charge in [-0.1, -0.05) is 97.3 Å². The van der Waals surface area contributed by atoms with Crippen LogP contribution in [0.15, 0.2) is 0 Å².